The quantitative estimate of drug-likeness (QED) is 0.310. The molecule has 4 aromatic rings. The van der Waals surface area contributed by atoms with Gasteiger partial charge in [-0.15, -0.1) is 0 Å². The van der Waals surface area contributed by atoms with Gasteiger partial charge in [0.15, 0.2) is 6.61 Å². The molecule has 5 nitrogen and oxygen atoms in total. The molecule has 0 aliphatic carbocycles. The number of hydrogen-bond donors (Lipinski definition) is 2. The molecule has 0 aliphatic rings. The average Bonchev–Trinajstić information content (AvgIpc) is 2.88. The molecule has 2 amide bonds. The molecule has 0 unspecified atom stereocenters. The van der Waals surface area contributed by atoms with Crippen molar-refractivity contribution in [2.24, 2.45) is 0 Å². The maximum atomic E-state index is 13.2. The Balaban J connectivity index is 1.58. The average molecular weight is 467 g/mol. The van der Waals surface area contributed by atoms with Gasteiger partial charge in [0.25, 0.3) is 11.8 Å². The number of hydrogen-bond acceptors (Lipinski definition) is 3. The van der Waals surface area contributed by atoms with Crippen molar-refractivity contribution in [3.63, 3.8) is 0 Å². The Kier molecular flexibility index (Phi) is 7.46. The lowest BCUT2D eigenvalue weighted by Gasteiger charge is -2.16. The molecule has 0 aromatic heterocycles. The van der Waals surface area contributed by atoms with E-state index in [2.05, 4.69) is 24.5 Å². The smallest absolute Gasteiger partial charge is 0.262 e. The largest absolute Gasteiger partial charge is 0.483 e. The summed E-state index contributed by atoms with van der Waals surface area (Å²) in [5, 5.41) is 7.84. The fourth-order valence-electron chi connectivity index (χ4n) is 4.14. The van der Waals surface area contributed by atoms with E-state index in [-0.39, 0.29) is 18.4 Å². The summed E-state index contributed by atoms with van der Waals surface area (Å²) in [7, 11) is 0. The zero-order valence-electron chi connectivity index (χ0n) is 20.4. The van der Waals surface area contributed by atoms with Crippen LogP contribution >= 0.6 is 0 Å². The molecule has 0 aliphatic heterocycles. The minimum Gasteiger partial charge on any atom is -0.483 e. The fourth-order valence-corrected chi connectivity index (χ4v) is 4.14. The summed E-state index contributed by atoms with van der Waals surface area (Å²) in [6.45, 7) is 5.87. The first kappa shape index (κ1) is 24.0. The number of fused-ring (bicyclic) bond motifs is 1. The Morgan fingerprint density at radius 2 is 1.40 bits per heavy atom. The molecule has 4 aromatic carbocycles. The second-order valence-corrected chi connectivity index (χ2v) is 8.46. The zero-order valence-corrected chi connectivity index (χ0v) is 20.4. The van der Waals surface area contributed by atoms with Crippen LogP contribution in [0.15, 0.2) is 78.9 Å². The molecule has 0 saturated heterocycles. The van der Waals surface area contributed by atoms with Gasteiger partial charge in [-0.2, -0.15) is 0 Å². The summed E-state index contributed by atoms with van der Waals surface area (Å²) in [5.41, 5.74) is 5.09. The van der Waals surface area contributed by atoms with Gasteiger partial charge in [0, 0.05) is 11.4 Å². The molecule has 0 saturated carbocycles. The zero-order chi connectivity index (χ0) is 24.8. The van der Waals surface area contributed by atoms with Crippen LogP contribution in [0.3, 0.4) is 0 Å². The van der Waals surface area contributed by atoms with E-state index in [1.165, 1.54) is 0 Å². The molecule has 35 heavy (non-hydrogen) atoms. The van der Waals surface area contributed by atoms with Crippen LogP contribution in [0.4, 0.5) is 11.4 Å². The molecule has 2 N–H and O–H groups in total. The van der Waals surface area contributed by atoms with E-state index in [9.17, 15) is 9.59 Å². The van der Waals surface area contributed by atoms with Crippen molar-refractivity contribution in [3.8, 4) is 5.75 Å². The van der Waals surface area contributed by atoms with Crippen LogP contribution in [-0.2, 0) is 17.6 Å². The lowest BCUT2D eigenvalue weighted by Crippen LogP contribution is -2.23. The molecule has 0 fully saturated rings. The third kappa shape index (κ3) is 5.52. The number of benzene rings is 4. The molecule has 0 atom stereocenters. The van der Waals surface area contributed by atoms with Gasteiger partial charge >= 0.3 is 0 Å². The highest BCUT2D eigenvalue weighted by Gasteiger charge is 2.17. The Bertz CT molecular complexity index is 1360. The van der Waals surface area contributed by atoms with Crippen LogP contribution in [0.25, 0.3) is 10.8 Å². The number of aryl methyl sites for hydroxylation is 3. The number of para-hydroxylation sites is 2. The summed E-state index contributed by atoms with van der Waals surface area (Å²) in [6.07, 6.45) is 1.64. The number of ether oxygens (including phenoxy) is 1. The van der Waals surface area contributed by atoms with Crippen LogP contribution in [-0.4, -0.2) is 18.4 Å². The molecule has 5 heteroatoms. The highest BCUT2D eigenvalue weighted by molar-refractivity contribution is 6.09. The summed E-state index contributed by atoms with van der Waals surface area (Å²) in [5.74, 6) is -0.187. The first-order valence-electron chi connectivity index (χ1n) is 11.9. The third-order valence-corrected chi connectivity index (χ3v) is 6.11. The van der Waals surface area contributed by atoms with Crippen LogP contribution in [0.1, 0.15) is 40.9 Å². The van der Waals surface area contributed by atoms with E-state index in [1.54, 1.807) is 6.07 Å². The number of nitrogens with one attached hydrogen (secondary N) is 2. The van der Waals surface area contributed by atoms with E-state index in [1.807, 2.05) is 79.7 Å². The van der Waals surface area contributed by atoms with Crippen molar-refractivity contribution in [3.05, 3.63) is 101 Å². The maximum absolute atomic E-state index is 13.2. The fraction of sp³-hybridized carbons (Fsp3) is 0.200. The topological polar surface area (TPSA) is 67.4 Å². The molecular weight excluding hydrogens is 436 g/mol. The normalized spacial score (nSPS) is 10.7. The Hall–Kier alpha value is -4.12. The van der Waals surface area contributed by atoms with Gasteiger partial charge in [-0.1, -0.05) is 74.5 Å². The SMILES string of the molecule is CCc1cccc(CC)c1NC(=O)COc1cc2ccccc2cc1C(=O)Nc1ccccc1C. The summed E-state index contributed by atoms with van der Waals surface area (Å²) in [6, 6.07) is 25.0. The van der Waals surface area contributed by atoms with Crippen LogP contribution in [0, 0.1) is 6.92 Å². The lowest BCUT2D eigenvalue weighted by atomic mass is 10.0. The minimum absolute atomic E-state index is 0.204. The number of amides is 2. The van der Waals surface area contributed by atoms with Crippen molar-refractivity contribution in [1.29, 1.82) is 0 Å². The van der Waals surface area contributed by atoms with E-state index in [0.717, 1.165) is 51.7 Å². The van der Waals surface area contributed by atoms with E-state index in [4.69, 9.17) is 4.74 Å². The van der Waals surface area contributed by atoms with Gasteiger partial charge in [-0.05, 0) is 65.4 Å². The summed E-state index contributed by atoms with van der Waals surface area (Å²) >= 11 is 0. The van der Waals surface area contributed by atoms with Gasteiger partial charge in [-0.3, -0.25) is 9.59 Å². The monoisotopic (exact) mass is 466 g/mol. The first-order chi connectivity index (χ1) is 17.0. The molecule has 0 radical (unpaired) electrons. The molecule has 178 valence electrons. The standard InChI is InChI=1S/C30H30N2O3/c1-4-21-14-10-15-22(5-2)29(21)32-28(33)19-35-27-18-24-13-8-7-12-23(24)17-25(27)30(34)31-26-16-9-6-11-20(26)3/h6-18H,4-5,19H2,1-3H3,(H,31,34)(H,32,33). The number of carbonyl (C=O) groups excluding carboxylic acids is 2. The van der Waals surface area contributed by atoms with Gasteiger partial charge in [-0.25, -0.2) is 0 Å². The van der Waals surface area contributed by atoms with E-state index >= 15 is 0 Å². The minimum atomic E-state index is -0.287. The first-order valence-corrected chi connectivity index (χ1v) is 11.9. The van der Waals surface area contributed by atoms with Crippen LogP contribution < -0.4 is 15.4 Å². The second kappa shape index (κ2) is 10.9. The summed E-state index contributed by atoms with van der Waals surface area (Å²) in [4.78, 5) is 26.1. The number of rotatable bonds is 8. The number of anilines is 2. The van der Waals surface area contributed by atoms with E-state index < -0.39 is 0 Å². The third-order valence-electron chi connectivity index (χ3n) is 6.11. The van der Waals surface area contributed by atoms with Crippen molar-refractivity contribution in [2.75, 3.05) is 17.2 Å². The van der Waals surface area contributed by atoms with Gasteiger partial charge in [0.1, 0.15) is 5.75 Å². The molecule has 0 bridgehead atoms. The van der Waals surface area contributed by atoms with Gasteiger partial charge < -0.3 is 15.4 Å². The van der Waals surface area contributed by atoms with Crippen molar-refractivity contribution in [2.45, 2.75) is 33.6 Å². The van der Waals surface area contributed by atoms with Gasteiger partial charge in [0.2, 0.25) is 0 Å². The van der Waals surface area contributed by atoms with Crippen LogP contribution in [0.2, 0.25) is 0 Å². The van der Waals surface area contributed by atoms with Crippen molar-refractivity contribution >= 4 is 34.0 Å². The molecule has 0 spiro atoms. The van der Waals surface area contributed by atoms with Crippen molar-refractivity contribution < 1.29 is 14.3 Å². The highest BCUT2D eigenvalue weighted by atomic mass is 16.5. The predicted molar refractivity (Wildman–Crippen MR) is 142 cm³/mol. The Morgan fingerprint density at radius 3 is 2.06 bits per heavy atom. The van der Waals surface area contributed by atoms with Crippen molar-refractivity contribution in [1.82, 2.24) is 0 Å². The maximum Gasteiger partial charge on any atom is 0.262 e. The predicted octanol–water partition coefficient (Wildman–Crippen LogP) is 6.54. The number of carbonyl (C=O) groups is 2. The van der Waals surface area contributed by atoms with E-state index in [0.29, 0.717) is 11.3 Å². The van der Waals surface area contributed by atoms with Crippen LogP contribution in [0.5, 0.6) is 5.75 Å². The second-order valence-electron chi connectivity index (χ2n) is 8.46. The Labute approximate surface area is 206 Å². The van der Waals surface area contributed by atoms with Gasteiger partial charge in [0.05, 0.1) is 5.56 Å². The summed E-state index contributed by atoms with van der Waals surface area (Å²) < 4.78 is 5.94. The Morgan fingerprint density at radius 1 is 0.771 bits per heavy atom. The molecule has 0 heterocycles. The molecular formula is C30H30N2O3. The highest BCUT2D eigenvalue weighted by Crippen LogP contribution is 2.28. The lowest BCUT2D eigenvalue weighted by molar-refractivity contribution is -0.118. The molecule has 4 rings (SSSR count).